The lowest BCUT2D eigenvalue weighted by atomic mass is 9.84. The standard InChI is InChI=1S/C20H23N3O4/c1-4-14-18(24)23(19(25)22-14)12-7-13(8-12)27-15-6-5-11(9-21)17-16(15)20(2,3)10-26-17/h5-6,12-14H,4,7-8,10H2,1-3H3,(H,22,25)/t12?,13?,14-/m0/s1. The lowest BCUT2D eigenvalue weighted by Crippen LogP contribution is -2.52. The highest BCUT2D eigenvalue weighted by Gasteiger charge is 2.47. The van der Waals surface area contributed by atoms with Gasteiger partial charge in [0.2, 0.25) is 0 Å². The van der Waals surface area contributed by atoms with Gasteiger partial charge >= 0.3 is 6.03 Å². The van der Waals surface area contributed by atoms with Crippen LogP contribution in [0.1, 0.15) is 51.2 Å². The average Bonchev–Trinajstić information content (AvgIpc) is 3.07. The predicted molar refractivity (Wildman–Crippen MR) is 96.6 cm³/mol. The molecule has 1 N–H and O–H groups in total. The molecule has 1 saturated carbocycles. The van der Waals surface area contributed by atoms with Gasteiger partial charge in [-0.2, -0.15) is 5.26 Å². The molecule has 0 spiro atoms. The highest BCUT2D eigenvalue weighted by molar-refractivity contribution is 6.04. The Morgan fingerprint density at radius 3 is 2.74 bits per heavy atom. The molecule has 1 atom stereocenters. The van der Waals surface area contributed by atoms with Crippen molar-refractivity contribution in [3.05, 3.63) is 23.3 Å². The van der Waals surface area contributed by atoms with E-state index in [0.29, 0.717) is 37.2 Å². The summed E-state index contributed by atoms with van der Waals surface area (Å²) >= 11 is 0. The van der Waals surface area contributed by atoms with E-state index in [0.717, 1.165) is 11.3 Å². The molecule has 2 fully saturated rings. The molecule has 1 aliphatic carbocycles. The fourth-order valence-electron chi connectivity index (χ4n) is 4.06. The number of hydrogen-bond donors (Lipinski definition) is 1. The number of nitrogens with zero attached hydrogens (tertiary/aromatic N) is 2. The summed E-state index contributed by atoms with van der Waals surface area (Å²) in [6.45, 7) is 6.52. The molecule has 7 nitrogen and oxygen atoms in total. The topological polar surface area (TPSA) is 91.7 Å². The number of imide groups is 1. The van der Waals surface area contributed by atoms with E-state index in [1.54, 1.807) is 6.07 Å². The van der Waals surface area contributed by atoms with Crippen molar-refractivity contribution in [1.82, 2.24) is 10.2 Å². The first-order chi connectivity index (χ1) is 12.9. The Balaban J connectivity index is 1.48. The molecule has 3 aliphatic rings. The van der Waals surface area contributed by atoms with Crippen molar-refractivity contribution in [3.8, 4) is 17.6 Å². The van der Waals surface area contributed by atoms with Crippen molar-refractivity contribution in [1.29, 1.82) is 5.26 Å². The predicted octanol–water partition coefficient (Wildman–Crippen LogP) is 2.47. The Labute approximate surface area is 158 Å². The molecule has 27 heavy (non-hydrogen) atoms. The molecule has 3 amide bonds. The van der Waals surface area contributed by atoms with Gasteiger partial charge in [0.05, 0.1) is 12.2 Å². The van der Waals surface area contributed by atoms with Crippen molar-refractivity contribution in [2.75, 3.05) is 6.61 Å². The van der Waals surface area contributed by atoms with Gasteiger partial charge < -0.3 is 14.8 Å². The Hall–Kier alpha value is -2.75. The maximum Gasteiger partial charge on any atom is 0.325 e. The molecule has 4 rings (SSSR count). The molecule has 1 saturated heterocycles. The summed E-state index contributed by atoms with van der Waals surface area (Å²) in [6, 6.07) is 4.88. The van der Waals surface area contributed by atoms with Crippen LogP contribution in [0.25, 0.3) is 0 Å². The summed E-state index contributed by atoms with van der Waals surface area (Å²) in [5.74, 6) is 1.19. The second kappa shape index (κ2) is 6.15. The number of carbonyl (C=O) groups is 2. The number of ether oxygens (including phenoxy) is 2. The fraction of sp³-hybridized carbons (Fsp3) is 0.550. The van der Waals surface area contributed by atoms with E-state index < -0.39 is 6.04 Å². The number of benzene rings is 1. The first-order valence-electron chi connectivity index (χ1n) is 9.36. The lowest BCUT2D eigenvalue weighted by Gasteiger charge is -2.39. The zero-order chi connectivity index (χ0) is 19.3. The minimum atomic E-state index is -0.405. The van der Waals surface area contributed by atoms with Crippen LogP contribution in [0.15, 0.2) is 12.1 Å². The van der Waals surface area contributed by atoms with Crippen molar-refractivity contribution in [3.63, 3.8) is 0 Å². The number of amides is 3. The smallest absolute Gasteiger partial charge is 0.325 e. The van der Waals surface area contributed by atoms with Crippen LogP contribution in [-0.4, -0.2) is 41.6 Å². The van der Waals surface area contributed by atoms with Crippen molar-refractivity contribution in [2.45, 2.75) is 63.6 Å². The lowest BCUT2D eigenvalue weighted by molar-refractivity contribution is -0.131. The van der Waals surface area contributed by atoms with E-state index in [9.17, 15) is 14.9 Å². The summed E-state index contributed by atoms with van der Waals surface area (Å²) in [6.07, 6.45) is 1.77. The number of urea groups is 1. The quantitative estimate of drug-likeness (QED) is 0.823. The van der Waals surface area contributed by atoms with E-state index in [2.05, 4.69) is 25.2 Å². The minimum absolute atomic E-state index is 0.0651. The summed E-state index contributed by atoms with van der Waals surface area (Å²) < 4.78 is 11.9. The third-order valence-corrected chi connectivity index (χ3v) is 5.68. The number of nitrogens with one attached hydrogen (secondary N) is 1. The highest BCUT2D eigenvalue weighted by atomic mass is 16.5. The molecular formula is C20H23N3O4. The fourth-order valence-corrected chi connectivity index (χ4v) is 4.06. The van der Waals surface area contributed by atoms with Gasteiger partial charge in [-0.05, 0) is 18.6 Å². The van der Waals surface area contributed by atoms with Crippen LogP contribution in [-0.2, 0) is 10.2 Å². The second-order valence-corrected chi connectivity index (χ2v) is 8.08. The molecule has 0 aromatic heterocycles. The van der Waals surface area contributed by atoms with Crippen molar-refractivity contribution < 1.29 is 19.1 Å². The molecule has 0 radical (unpaired) electrons. The Kier molecular flexibility index (Phi) is 4.02. The summed E-state index contributed by atoms with van der Waals surface area (Å²) in [5, 5.41) is 12.0. The third-order valence-electron chi connectivity index (χ3n) is 5.68. The molecule has 2 heterocycles. The molecule has 0 unspecified atom stereocenters. The van der Waals surface area contributed by atoms with Crippen LogP contribution in [0.5, 0.6) is 11.5 Å². The summed E-state index contributed by atoms with van der Waals surface area (Å²) in [5.41, 5.74) is 1.20. The van der Waals surface area contributed by atoms with Crippen LogP contribution < -0.4 is 14.8 Å². The van der Waals surface area contributed by atoms with Gasteiger partial charge in [0.25, 0.3) is 5.91 Å². The normalized spacial score (nSPS) is 28.1. The van der Waals surface area contributed by atoms with Crippen LogP contribution in [0.2, 0.25) is 0 Å². The van der Waals surface area contributed by atoms with E-state index >= 15 is 0 Å². The zero-order valence-corrected chi connectivity index (χ0v) is 15.7. The van der Waals surface area contributed by atoms with Gasteiger partial charge in [-0.15, -0.1) is 0 Å². The van der Waals surface area contributed by atoms with E-state index in [4.69, 9.17) is 9.47 Å². The van der Waals surface area contributed by atoms with Crippen LogP contribution in [0.3, 0.4) is 0 Å². The molecular weight excluding hydrogens is 346 g/mol. The summed E-state index contributed by atoms with van der Waals surface area (Å²) in [4.78, 5) is 25.7. The monoisotopic (exact) mass is 369 g/mol. The van der Waals surface area contributed by atoms with Gasteiger partial charge in [0, 0.05) is 29.9 Å². The molecule has 7 heteroatoms. The largest absolute Gasteiger partial charge is 0.491 e. The second-order valence-electron chi connectivity index (χ2n) is 8.08. The SMILES string of the molecule is CC[C@@H]1NC(=O)N(C2CC(Oc3ccc(C#N)c4c3C(C)(C)CO4)C2)C1=O. The van der Waals surface area contributed by atoms with Gasteiger partial charge in [-0.1, -0.05) is 20.8 Å². The van der Waals surface area contributed by atoms with E-state index in [-0.39, 0.29) is 29.5 Å². The molecule has 1 aromatic rings. The third kappa shape index (κ3) is 2.71. The van der Waals surface area contributed by atoms with Gasteiger partial charge in [-0.25, -0.2) is 4.79 Å². The first kappa shape index (κ1) is 17.7. The average molecular weight is 369 g/mol. The first-order valence-corrected chi connectivity index (χ1v) is 9.36. The Bertz CT molecular complexity index is 852. The maximum atomic E-state index is 12.3. The highest BCUT2D eigenvalue weighted by Crippen LogP contribution is 2.47. The van der Waals surface area contributed by atoms with Gasteiger partial charge in [0.15, 0.2) is 0 Å². The van der Waals surface area contributed by atoms with Gasteiger partial charge in [0.1, 0.15) is 29.7 Å². The van der Waals surface area contributed by atoms with Crippen molar-refractivity contribution in [2.24, 2.45) is 0 Å². The Morgan fingerprint density at radius 2 is 2.11 bits per heavy atom. The van der Waals surface area contributed by atoms with E-state index in [1.165, 1.54) is 4.90 Å². The number of fused-ring (bicyclic) bond motifs is 1. The van der Waals surface area contributed by atoms with Gasteiger partial charge in [-0.3, -0.25) is 9.69 Å². The van der Waals surface area contributed by atoms with Crippen LogP contribution >= 0.6 is 0 Å². The van der Waals surface area contributed by atoms with Crippen LogP contribution in [0.4, 0.5) is 4.79 Å². The minimum Gasteiger partial charge on any atom is -0.491 e. The number of carbonyl (C=O) groups excluding carboxylic acids is 2. The molecule has 0 bridgehead atoms. The Morgan fingerprint density at radius 1 is 1.37 bits per heavy atom. The maximum absolute atomic E-state index is 12.3. The number of nitriles is 1. The molecule has 1 aromatic carbocycles. The molecule has 142 valence electrons. The number of rotatable bonds is 4. The zero-order valence-electron chi connectivity index (χ0n) is 15.7. The van der Waals surface area contributed by atoms with Crippen LogP contribution in [0, 0.1) is 11.3 Å². The number of hydrogen-bond acceptors (Lipinski definition) is 5. The van der Waals surface area contributed by atoms with E-state index in [1.807, 2.05) is 13.0 Å². The molecule has 2 aliphatic heterocycles. The summed E-state index contributed by atoms with van der Waals surface area (Å²) in [7, 11) is 0. The van der Waals surface area contributed by atoms with Crippen molar-refractivity contribution >= 4 is 11.9 Å².